The Hall–Kier alpha value is -3.29. The quantitative estimate of drug-likeness (QED) is 0.120. The third-order valence-corrected chi connectivity index (χ3v) is 13.0. The van der Waals surface area contributed by atoms with Crippen LogP contribution in [0.3, 0.4) is 0 Å². The molecule has 2 aromatic carbocycles. The Bertz CT molecular complexity index is 1530. The molecule has 7 nitrogen and oxygen atoms in total. The average Bonchev–Trinajstić information content (AvgIpc) is 3.45. The number of hydrogen-bond donors (Lipinski definition) is 2. The summed E-state index contributed by atoms with van der Waals surface area (Å²) < 4.78 is 8.53. The summed E-state index contributed by atoms with van der Waals surface area (Å²) in [6, 6.07) is 16.5. The first-order chi connectivity index (χ1) is 18.4. The molecule has 0 aliphatic heterocycles. The maximum atomic E-state index is 12.7. The summed E-state index contributed by atoms with van der Waals surface area (Å²) in [6.45, 7) is 12.3. The zero-order valence-electron chi connectivity index (χ0n) is 22.8. The van der Waals surface area contributed by atoms with Gasteiger partial charge in [0.05, 0.1) is 45.7 Å². The Morgan fingerprint density at radius 2 is 1.95 bits per heavy atom. The van der Waals surface area contributed by atoms with E-state index >= 15 is 0 Å². The fourth-order valence-electron chi connectivity index (χ4n) is 4.01. The van der Waals surface area contributed by atoms with Crippen LogP contribution < -0.4 is 10.2 Å². The van der Waals surface area contributed by atoms with Gasteiger partial charge in [0.1, 0.15) is 0 Å². The van der Waals surface area contributed by atoms with Crippen molar-refractivity contribution >= 4 is 59.3 Å². The molecule has 10 heteroatoms. The minimum atomic E-state index is -1.90. The predicted octanol–water partition coefficient (Wildman–Crippen LogP) is 7.67. The van der Waals surface area contributed by atoms with E-state index in [-0.39, 0.29) is 16.8 Å². The van der Waals surface area contributed by atoms with E-state index in [1.165, 1.54) is 11.3 Å². The highest BCUT2D eigenvalue weighted by molar-refractivity contribution is 7.18. The van der Waals surface area contributed by atoms with Gasteiger partial charge in [-0.2, -0.15) is 5.26 Å². The van der Waals surface area contributed by atoms with Crippen LogP contribution in [0.2, 0.25) is 22.5 Å². The molecule has 0 saturated heterocycles. The number of carbonyl (C=O) groups excluding carboxylic acids is 1. The van der Waals surface area contributed by atoms with E-state index in [4.69, 9.17) is 16.0 Å². The second-order valence-corrected chi connectivity index (χ2v) is 17.5. The zero-order chi connectivity index (χ0) is 28.4. The molecule has 0 spiro atoms. The number of carbonyl (C=O) groups is 1. The normalized spacial score (nSPS) is 11.9. The number of halogens is 1. The molecule has 2 aromatic heterocycles. The second-order valence-electron chi connectivity index (χ2n) is 10.9. The van der Waals surface area contributed by atoms with Gasteiger partial charge in [-0.15, -0.1) is 11.3 Å². The van der Waals surface area contributed by atoms with Gasteiger partial charge in [0.15, 0.2) is 14.5 Å². The maximum Gasteiger partial charge on any atom is 0.265 e. The van der Waals surface area contributed by atoms with Gasteiger partial charge in [0.25, 0.3) is 5.91 Å². The topological polar surface area (TPSA) is 90.5 Å². The largest absolute Gasteiger partial charge is 0.494 e. The molecule has 4 aromatic rings. The molecule has 0 bridgehead atoms. The zero-order valence-corrected chi connectivity index (χ0v) is 25.4. The summed E-state index contributed by atoms with van der Waals surface area (Å²) >= 11 is 7.17. The van der Waals surface area contributed by atoms with E-state index < -0.39 is 8.32 Å². The Morgan fingerprint density at radius 3 is 2.62 bits per heavy atom. The number of thiophene rings is 1. The second kappa shape index (κ2) is 11.4. The van der Waals surface area contributed by atoms with Crippen LogP contribution in [-0.2, 0) is 11.0 Å². The molecule has 0 fully saturated rings. The molecule has 0 atom stereocenters. The van der Waals surface area contributed by atoms with E-state index in [1.807, 2.05) is 42.6 Å². The number of fused-ring (bicyclic) bond motifs is 1. The van der Waals surface area contributed by atoms with E-state index in [0.717, 1.165) is 16.6 Å². The number of nitrogens with one attached hydrogen (secondary N) is 1. The third-order valence-electron chi connectivity index (χ3n) is 7.21. The van der Waals surface area contributed by atoms with Crippen molar-refractivity contribution in [3.8, 4) is 12.1 Å². The Morgan fingerprint density at radius 1 is 1.21 bits per heavy atom. The molecular weight excluding hydrogens is 548 g/mol. The minimum Gasteiger partial charge on any atom is -0.494 e. The number of nitriles is 1. The number of rotatable bonds is 9. The molecule has 0 unspecified atom stereocenters. The molecule has 0 aliphatic rings. The molecule has 0 radical (unpaired) electrons. The van der Waals surface area contributed by atoms with E-state index in [1.54, 1.807) is 27.7 Å². The first-order valence-electron chi connectivity index (χ1n) is 12.7. The van der Waals surface area contributed by atoms with Crippen LogP contribution in [0.15, 0.2) is 60.8 Å². The number of hydrogen-bond acceptors (Lipinski definition) is 6. The van der Waals surface area contributed by atoms with Gasteiger partial charge < -0.3 is 19.4 Å². The first-order valence-corrected chi connectivity index (χ1v) is 16.8. The average molecular weight is 581 g/mol. The van der Waals surface area contributed by atoms with E-state index in [9.17, 15) is 15.2 Å². The van der Waals surface area contributed by atoms with Gasteiger partial charge in [-0.1, -0.05) is 56.6 Å². The molecule has 2 heterocycles. The lowest BCUT2D eigenvalue weighted by Crippen LogP contribution is -2.42. The number of aromatic hydroxyl groups is 1. The Labute approximate surface area is 239 Å². The molecule has 39 heavy (non-hydrogen) atoms. The number of benzene rings is 2. The lowest BCUT2D eigenvalue weighted by molar-refractivity contribution is 0.103. The van der Waals surface area contributed by atoms with Crippen molar-refractivity contribution in [1.29, 1.82) is 5.26 Å². The molecule has 1 amide bonds. The van der Waals surface area contributed by atoms with Crippen LogP contribution in [0.25, 0.3) is 10.8 Å². The fraction of sp³-hybridized carbons (Fsp3) is 0.310. The summed E-state index contributed by atoms with van der Waals surface area (Å²) in [4.78, 5) is 14.8. The lowest BCUT2D eigenvalue weighted by atomic mass is 10.2. The molecule has 0 aliphatic carbocycles. The van der Waals surface area contributed by atoms with Gasteiger partial charge in [-0.25, -0.2) is 0 Å². The van der Waals surface area contributed by atoms with Crippen molar-refractivity contribution in [1.82, 2.24) is 4.57 Å². The highest BCUT2D eigenvalue weighted by Gasteiger charge is 2.37. The first kappa shape index (κ1) is 28.7. The van der Waals surface area contributed by atoms with Gasteiger partial charge in [0.2, 0.25) is 5.88 Å². The summed E-state index contributed by atoms with van der Waals surface area (Å²) in [5.41, 5.74) is 2.21. The van der Waals surface area contributed by atoms with Gasteiger partial charge in [0, 0.05) is 11.6 Å². The molecule has 204 valence electrons. The summed E-state index contributed by atoms with van der Waals surface area (Å²) in [5.74, 6) is -0.233. The Balaban J connectivity index is 1.51. The molecule has 0 saturated carbocycles. The summed E-state index contributed by atoms with van der Waals surface area (Å²) in [5, 5.41) is 25.3. The van der Waals surface area contributed by atoms with Crippen LogP contribution in [-0.4, -0.2) is 37.0 Å². The highest BCUT2D eigenvalue weighted by atomic mass is 35.5. The highest BCUT2D eigenvalue weighted by Crippen LogP contribution is 2.37. The maximum absolute atomic E-state index is 12.7. The van der Waals surface area contributed by atoms with Crippen molar-refractivity contribution in [3.05, 3.63) is 75.6 Å². The SMILES string of the molecule is CC(C)(C)[Si](C)(C)OCCN(C#N)c1cccc(Cn2cc3cccc(NC(=O)c4ccc(Cl)s4)c3c2O)c1. The van der Waals surface area contributed by atoms with Gasteiger partial charge >= 0.3 is 0 Å². The number of anilines is 2. The molecule has 2 N–H and O–H groups in total. The molecule has 4 rings (SSSR count). The van der Waals surface area contributed by atoms with Crippen molar-refractivity contribution in [2.45, 2.75) is 45.4 Å². The Kier molecular flexibility index (Phi) is 8.42. The van der Waals surface area contributed by atoms with Crippen molar-refractivity contribution < 1.29 is 14.3 Å². The minimum absolute atomic E-state index is 0.0513. The van der Waals surface area contributed by atoms with Crippen LogP contribution in [0.4, 0.5) is 11.4 Å². The number of amides is 1. The van der Waals surface area contributed by atoms with Gasteiger partial charge in [-0.3, -0.25) is 9.69 Å². The molecular formula is C29H33ClN4O3SSi. The van der Waals surface area contributed by atoms with Crippen LogP contribution in [0.5, 0.6) is 5.88 Å². The fourth-order valence-corrected chi connectivity index (χ4v) is 5.98. The van der Waals surface area contributed by atoms with Crippen LogP contribution in [0, 0.1) is 11.5 Å². The predicted molar refractivity (Wildman–Crippen MR) is 163 cm³/mol. The number of nitrogens with zero attached hydrogens (tertiary/aromatic N) is 3. The monoisotopic (exact) mass is 580 g/mol. The van der Waals surface area contributed by atoms with Crippen molar-refractivity contribution in [2.24, 2.45) is 0 Å². The summed E-state index contributed by atoms with van der Waals surface area (Å²) in [6.07, 6.45) is 4.12. The van der Waals surface area contributed by atoms with E-state index in [2.05, 4.69) is 45.4 Å². The number of aromatic nitrogens is 1. The smallest absolute Gasteiger partial charge is 0.265 e. The third kappa shape index (κ3) is 6.48. The van der Waals surface area contributed by atoms with Crippen LogP contribution >= 0.6 is 22.9 Å². The van der Waals surface area contributed by atoms with Crippen LogP contribution in [0.1, 0.15) is 36.0 Å². The van der Waals surface area contributed by atoms with Crippen molar-refractivity contribution in [3.63, 3.8) is 0 Å². The van der Waals surface area contributed by atoms with E-state index in [0.29, 0.717) is 40.0 Å². The lowest BCUT2D eigenvalue weighted by Gasteiger charge is -2.36. The standard InChI is InChI=1S/C29H33ClN4O3SSi/c1-29(2,3)39(4,5)37-15-14-33(19-31)22-10-6-8-20(16-22)17-34-18-21-9-7-11-23(26(21)28(34)36)32-27(35)24-12-13-25(30)38-24/h6-13,16,18,36H,14-15,17H2,1-5H3,(H,32,35). The van der Waals surface area contributed by atoms with Gasteiger partial charge in [-0.05, 0) is 54.0 Å². The summed E-state index contributed by atoms with van der Waals surface area (Å²) in [7, 11) is -1.90. The van der Waals surface area contributed by atoms with Crippen molar-refractivity contribution in [2.75, 3.05) is 23.4 Å².